The van der Waals surface area contributed by atoms with Gasteiger partial charge in [-0.15, -0.1) is 0 Å². The van der Waals surface area contributed by atoms with Crippen molar-refractivity contribution >= 4 is 11.9 Å². The van der Waals surface area contributed by atoms with E-state index in [0.29, 0.717) is 6.61 Å². The van der Waals surface area contributed by atoms with Crippen LogP contribution in [0.5, 0.6) is 0 Å². The van der Waals surface area contributed by atoms with Gasteiger partial charge in [-0.3, -0.25) is 9.59 Å². The zero-order valence-electron chi connectivity index (χ0n) is 10.4. The maximum atomic E-state index is 12.0. The fourth-order valence-corrected chi connectivity index (χ4v) is 2.78. The van der Waals surface area contributed by atoms with Crippen molar-refractivity contribution in [2.24, 2.45) is 17.3 Å². The first-order chi connectivity index (χ1) is 7.85. The number of amides is 1. The number of ether oxygens (including phenoxy) is 1. The Morgan fingerprint density at radius 1 is 1.35 bits per heavy atom. The third-order valence-electron chi connectivity index (χ3n) is 4.08. The Balaban J connectivity index is 1.96. The van der Waals surface area contributed by atoms with Crippen molar-refractivity contribution in [1.29, 1.82) is 0 Å². The highest BCUT2D eigenvalue weighted by Gasteiger charge is 2.66. The van der Waals surface area contributed by atoms with Crippen LogP contribution >= 0.6 is 0 Å². The number of hydrogen-bond acceptors (Lipinski definition) is 3. The SMILES string of the molecule is CC1OCCC1NC(=O)[C@H]1[C@@H](C(=O)O)C1(C)C. The predicted molar refractivity (Wildman–Crippen MR) is 60.4 cm³/mol. The lowest BCUT2D eigenvalue weighted by atomic mass is 10.1. The fourth-order valence-electron chi connectivity index (χ4n) is 2.78. The van der Waals surface area contributed by atoms with Crippen molar-refractivity contribution < 1.29 is 19.4 Å². The Kier molecular flexibility index (Phi) is 2.89. The summed E-state index contributed by atoms with van der Waals surface area (Å²) in [6.07, 6.45) is 0.821. The number of carbonyl (C=O) groups excluding carboxylic acids is 1. The molecule has 0 aromatic rings. The lowest BCUT2D eigenvalue weighted by Crippen LogP contribution is -2.40. The van der Waals surface area contributed by atoms with Gasteiger partial charge in [0.1, 0.15) is 0 Å². The molecule has 5 heteroatoms. The van der Waals surface area contributed by atoms with Gasteiger partial charge in [0.2, 0.25) is 5.91 Å². The van der Waals surface area contributed by atoms with Crippen LogP contribution in [-0.4, -0.2) is 35.7 Å². The summed E-state index contributed by atoms with van der Waals surface area (Å²) in [4.78, 5) is 23.0. The van der Waals surface area contributed by atoms with Crippen LogP contribution in [0.2, 0.25) is 0 Å². The Labute approximate surface area is 101 Å². The van der Waals surface area contributed by atoms with Gasteiger partial charge in [0.05, 0.1) is 24.0 Å². The monoisotopic (exact) mass is 241 g/mol. The highest BCUT2D eigenvalue weighted by Crippen LogP contribution is 2.58. The second-order valence-corrected chi connectivity index (χ2v) is 5.59. The summed E-state index contributed by atoms with van der Waals surface area (Å²) in [5.74, 6) is -2.00. The van der Waals surface area contributed by atoms with E-state index >= 15 is 0 Å². The van der Waals surface area contributed by atoms with E-state index < -0.39 is 23.2 Å². The molecule has 0 spiro atoms. The third-order valence-corrected chi connectivity index (χ3v) is 4.08. The molecule has 5 nitrogen and oxygen atoms in total. The van der Waals surface area contributed by atoms with Crippen LogP contribution < -0.4 is 5.32 Å². The Morgan fingerprint density at radius 3 is 2.41 bits per heavy atom. The maximum Gasteiger partial charge on any atom is 0.307 e. The van der Waals surface area contributed by atoms with Crippen molar-refractivity contribution in [3.8, 4) is 0 Å². The molecule has 1 aliphatic carbocycles. The normalized spacial score (nSPS) is 38.8. The Bertz CT molecular complexity index is 352. The molecule has 0 aromatic heterocycles. The third kappa shape index (κ3) is 2.04. The predicted octanol–water partition coefficient (Wildman–Crippen LogP) is 0.637. The molecule has 2 N–H and O–H groups in total. The summed E-state index contributed by atoms with van der Waals surface area (Å²) < 4.78 is 5.36. The van der Waals surface area contributed by atoms with E-state index in [1.807, 2.05) is 20.8 Å². The minimum Gasteiger partial charge on any atom is -0.481 e. The van der Waals surface area contributed by atoms with Crippen LogP contribution in [-0.2, 0) is 14.3 Å². The van der Waals surface area contributed by atoms with Gasteiger partial charge in [-0.25, -0.2) is 0 Å². The molecular weight excluding hydrogens is 222 g/mol. The van der Waals surface area contributed by atoms with Crippen molar-refractivity contribution in [3.63, 3.8) is 0 Å². The Hall–Kier alpha value is -1.10. The number of rotatable bonds is 3. The lowest BCUT2D eigenvalue weighted by molar-refractivity contribution is -0.140. The number of hydrogen-bond donors (Lipinski definition) is 2. The summed E-state index contributed by atoms with van der Waals surface area (Å²) >= 11 is 0. The van der Waals surface area contributed by atoms with Crippen LogP contribution in [0.4, 0.5) is 0 Å². The van der Waals surface area contributed by atoms with E-state index in [4.69, 9.17) is 9.84 Å². The van der Waals surface area contributed by atoms with Gasteiger partial charge < -0.3 is 15.2 Å². The van der Waals surface area contributed by atoms with Crippen molar-refractivity contribution in [3.05, 3.63) is 0 Å². The van der Waals surface area contributed by atoms with Gasteiger partial charge in [0.15, 0.2) is 0 Å². The molecular formula is C12H19NO4. The zero-order chi connectivity index (χ0) is 12.8. The highest BCUT2D eigenvalue weighted by molar-refractivity contribution is 5.91. The molecule has 2 rings (SSSR count). The first kappa shape index (κ1) is 12.4. The van der Waals surface area contributed by atoms with E-state index in [2.05, 4.69) is 5.32 Å². The largest absolute Gasteiger partial charge is 0.481 e. The van der Waals surface area contributed by atoms with Crippen molar-refractivity contribution in [2.45, 2.75) is 39.3 Å². The van der Waals surface area contributed by atoms with Gasteiger partial charge in [-0.1, -0.05) is 13.8 Å². The second-order valence-electron chi connectivity index (χ2n) is 5.59. The average molecular weight is 241 g/mol. The summed E-state index contributed by atoms with van der Waals surface area (Å²) in [5, 5.41) is 11.9. The molecule has 4 atom stereocenters. The maximum absolute atomic E-state index is 12.0. The van der Waals surface area contributed by atoms with E-state index in [1.165, 1.54) is 0 Å². The van der Waals surface area contributed by atoms with Crippen LogP contribution in [0.15, 0.2) is 0 Å². The van der Waals surface area contributed by atoms with Crippen LogP contribution in [0.3, 0.4) is 0 Å². The van der Waals surface area contributed by atoms with Crippen LogP contribution in [0.1, 0.15) is 27.2 Å². The molecule has 1 saturated carbocycles. The summed E-state index contributed by atoms with van der Waals surface area (Å²) in [6.45, 7) is 6.22. The number of carboxylic acid groups (broad SMARTS) is 1. The molecule has 1 amide bonds. The standard InChI is InChI=1S/C12H19NO4/c1-6-7(4-5-17-6)13-10(14)8-9(11(15)16)12(8,2)3/h6-9H,4-5H2,1-3H3,(H,13,14)(H,15,16)/t6?,7?,8-,9+/m1/s1. The first-order valence-electron chi connectivity index (χ1n) is 6.00. The van der Waals surface area contributed by atoms with Gasteiger partial charge in [-0.05, 0) is 18.8 Å². The Morgan fingerprint density at radius 2 is 2.00 bits per heavy atom. The molecule has 2 unspecified atom stereocenters. The van der Waals surface area contributed by atoms with Crippen LogP contribution in [0.25, 0.3) is 0 Å². The fraction of sp³-hybridized carbons (Fsp3) is 0.833. The molecule has 96 valence electrons. The van der Waals surface area contributed by atoms with Gasteiger partial charge in [-0.2, -0.15) is 0 Å². The minimum absolute atomic E-state index is 0.0177. The molecule has 1 aliphatic heterocycles. The first-order valence-corrected chi connectivity index (χ1v) is 6.00. The quantitative estimate of drug-likeness (QED) is 0.760. The second kappa shape index (κ2) is 3.98. The summed E-state index contributed by atoms with van der Waals surface area (Å²) in [5.41, 5.74) is -0.432. The molecule has 17 heavy (non-hydrogen) atoms. The molecule has 0 bridgehead atoms. The van der Waals surface area contributed by atoms with Crippen LogP contribution in [0, 0.1) is 17.3 Å². The summed E-state index contributed by atoms with van der Waals surface area (Å²) in [7, 11) is 0. The highest BCUT2D eigenvalue weighted by atomic mass is 16.5. The lowest BCUT2D eigenvalue weighted by Gasteiger charge is -2.16. The van der Waals surface area contributed by atoms with Crippen molar-refractivity contribution in [1.82, 2.24) is 5.32 Å². The number of carbonyl (C=O) groups is 2. The van der Waals surface area contributed by atoms with E-state index in [-0.39, 0.29) is 18.1 Å². The molecule has 2 aliphatic rings. The molecule has 1 saturated heterocycles. The molecule has 0 radical (unpaired) electrons. The zero-order valence-corrected chi connectivity index (χ0v) is 10.4. The van der Waals surface area contributed by atoms with Gasteiger partial charge in [0, 0.05) is 6.61 Å². The number of carboxylic acids is 1. The smallest absolute Gasteiger partial charge is 0.307 e. The topological polar surface area (TPSA) is 75.6 Å². The average Bonchev–Trinajstić information content (AvgIpc) is 2.58. The van der Waals surface area contributed by atoms with E-state index in [9.17, 15) is 9.59 Å². The van der Waals surface area contributed by atoms with Crippen molar-refractivity contribution in [2.75, 3.05) is 6.61 Å². The molecule has 2 fully saturated rings. The number of aliphatic carboxylic acids is 1. The minimum atomic E-state index is -0.883. The van der Waals surface area contributed by atoms with E-state index in [0.717, 1.165) is 6.42 Å². The van der Waals surface area contributed by atoms with Gasteiger partial charge >= 0.3 is 5.97 Å². The number of nitrogens with one attached hydrogen (secondary N) is 1. The molecule has 0 aromatic carbocycles. The van der Waals surface area contributed by atoms with E-state index in [1.54, 1.807) is 0 Å². The summed E-state index contributed by atoms with van der Waals surface area (Å²) in [6, 6.07) is 0.0216. The molecule has 1 heterocycles. The van der Waals surface area contributed by atoms with Gasteiger partial charge in [0.25, 0.3) is 0 Å².